The summed E-state index contributed by atoms with van der Waals surface area (Å²) in [5, 5.41) is 58.1. The molecule has 0 aromatic rings. The standard InChI is InChI=1S/C10H20O5.C3H8O3/c11-9(12)7-5-3-1-2-4-6-8-10(13,14)15;4-1-3(6)2-5/h13-15H,1-8H2,(H,11,12);3-6H,1-2H2. The molecule has 0 atom stereocenters. The second-order valence-electron chi connectivity index (χ2n) is 4.81. The van der Waals surface area contributed by atoms with Gasteiger partial charge in [-0.05, 0) is 12.8 Å². The lowest BCUT2D eigenvalue weighted by Gasteiger charge is -2.12. The number of unbranched alkanes of at least 4 members (excludes halogenated alkanes) is 5. The van der Waals surface area contributed by atoms with Crippen molar-refractivity contribution in [3.8, 4) is 0 Å². The molecular formula is C13H28O8. The van der Waals surface area contributed by atoms with Gasteiger partial charge in [-0.25, -0.2) is 0 Å². The van der Waals surface area contributed by atoms with Crippen molar-refractivity contribution in [2.75, 3.05) is 13.2 Å². The van der Waals surface area contributed by atoms with E-state index in [1.807, 2.05) is 0 Å². The predicted molar refractivity (Wildman–Crippen MR) is 74.1 cm³/mol. The molecule has 0 aliphatic heterocycles. The SMILES string of the molecule is O=C(O)CCCCCCCCC(O)(O)O.OCC(O)CO. The van der Waals surface area contributed by atoms with Crippen LogP contribution in [0.15, 0.2) is 0 Å². The van der Waals surface area contributed by atoms with Gasteiger partial charge in [-0.2, -0.15) is 0 Å². The Morgan fingerprint density at radius 3 is 1.62 bits per heavy atom. The average molecular weight is 312 g/mol. The Labute approximate surface area is 124 Å². The van der Waals surface area contributed by atoms with Gasteiger partial charge in [0.2, 0.25) is 0 Å². The van der Waals surface area contributed by atoms with E-state index in [1.54, 1.807) is 0 Å². The zero-order chi connectivity index (χ0) is 16.7. The largest absolute Gasteiger partial charge is 0.481 e. The summed E-state index contributed by atoms with van der Waals surface area (Å²) in [7, 11) is 0. The summed E-state index contributed by atoms with van der Waals surface area (Å²) in [6.45, 7) is -0.729. The molecule has 0 aromatic carbocycles. The summed E-state index contributed by atoms with van der Waals surface area (Å²) in [6, 6.07) is 0. The van der Waals surface area contributed by atoms with Gasteiger partial charge in [0.15, 0.2) is 0 Å². The van der Waals surface area contributed by atoms with Crippen LogP contribution in [0.25, 0.3) is 0 Å². The van der Waals surface area contributed by atoms with Gasteiger partial charge >= 0.3 is 5.97 Å². The monoisotopic (exact) mass is 312 g/mol. The second kappa shape index (κ2) is 14.2. The van der Waals surface area contributed by atoms with Crippen LogP contribution in [0.5, 0.6) is 0 Å². The van der Waals surface area contributed by atoms with Crippen molar-refractivity contribution in [2.24, 2.45) is 0 Å². The summed E-state index contributed by atoms with van der Waals surface area (Å²) >= 11 is 0. The molecule has 21 heavy (non-hydrogen) atoms. The molecule has 0 unspecified atom stereocenters. The maximum absolute atomic E-state index is 10.2. The molecule has 7 N–H and O–H groups in total. The molecule has 0 aliphatic carbocycles. The number of hydrogen-bond acceptors (Lipinski definition) is 7. The van der Waals surface area contributed by atoms with Crippen molar-refractivity contribution in [1.82, 2.24) is 0 Å². The summed E-state index contributed by atoms with van der Waals surface area (Å²) in [5.74, 6) is -3.30. The fraction of sp³-hybridized carbons (Fsp3) is 0.923. The average Bonchev–Trinajstić information content (AvgIpc) is 2.40. The molecule has 0 rings (SSSR count). The van der Waals surface area contributed by atoms with Crippen LogP contribution in [0, 0.1) is 0 Å². The molecule has 0 heterocycles. The summed E-state index contributed by atoms with van der Waals surface area (Å²) in [5.41, 5.74) is 0. The van der Waals surface area contributed by atoms with E-state index in [2.05, 4.69) is 0 Å². The molecular weight excluding hydrogens is 284 g/mol. The van der Waals surface area contributed by atoms with Crippen LogP contribution < -0.4 is 0 Å². The topological polar surface area (TPSA) is 159 Å². The molecule has 0 saturated heterocycles. The minimum atomic E-state index is -2.54. The Bertz CT molecular complexity index is 235. The Kier molecular flexibility index (Phi) is 15.2. The molecule has 0 radical (unpaired) electrons. The van der Waals surface area contributed by atoms with E-state index in [0.29, 0.717) is 12.8 Å². The molecule has 8 heteroatoms. The van der Waals surface area contributed by atoms with E-state index in [4.69, 9.17) is 35.7 Å². The highest BCUT2D eigenvalue weighted by Crippen LogP contribution is 2.12. The minimum Gasteiger partial charge on any atom is -0.481 e. The number of aliphatic hydroxyl groups excluding tert-OH is 3. The number of aliphatic hydroxyl groups is 6. The van der Waals surface area contributed by atoms with E-state index >= 15 is 0 Å². The van der Waals surface area contributed by atoms with Crippen molar-refractivity contribution in [1.29, 1.82) is 0 Å². The molecule has 0 saturated carbocycles. The van der Waals surface area contributed by atoms with Crippen LogP contribution in [0.1, 0.15) is 51.4 Å². The zero-order valence-corrected chi connectivity index (χ0v) is 12.2. The van der Waals surface area contributed by atoms with Gasteiger partial charge in [0.1, 0.15) is 6.10 Å². The lowest BCUT2D eigenvalue weighted by molar-refractivity contribution is -0.315. The van der Waals surface area contributed by atoms with Crippen molar-refractivity contribution in [3.63, 3.8) is 0 Å². The molecule has 0 bridgehead atoms. The molecule has 0 aliphatic rings. The quantitative estimate of drug-likeness (QED) is 0.192. The van der Waals surface area contributed by atoms with Crippen LogP contribution in [0.3, 0.4) is 0 Å². The zero-order valence-electron chi connectivity index (χ0n) is 12.2. The Hall–Kier alpha value is -0.770. The summed E-state index contributed by atoms with van der Waals surface area (Å²) in [6.07, 6.45) is 4.05. The van der Waals surface area contributed by atoms with E-state index in [-0.39, 0.29) is 26.1 Å². The first-order valence-corrected chi connectivity index (χ1v) is 7.01. The minimum absolute atomic E-state index is 0.0396. The van der Waals surface area contributed by atoms with Gasteiger partial charge in [0, 0.05) is 12.8 Å². The van der Waals surface area contributed by atoms with Gasteiger partial charge in [-0.1, -0.05) is 25.7 Å². The van der Waals surface area contributed by atoms with Crippen molar-refractivity contribution < 1.29 is 40.5 Å². The number of carboxylic acids is 1. The van der Waals surface area contributed by atoms with E-state index in [1.165, 1.54) is 0 Å². The third-order valence-corrected chi connectivity index (χ3v) is 2.57. The number of carbonyl (C=O) groups is 1. The highest BCUT2D eigenvalue weighted by Gasteiger charge is 2.16. The van der Waals surface area contributed by atoms with Gasteiger partial charge in [0.25, 0.3) is 5.97 Å². The number of hydrogen-bond donors (Lipinski definition) is 7. The fourth-order valence-electron chi connectivity index (χ4n) is 1.40. The highest BCUT2D eigenvalue weighted by molar-refractivity contribution is 5.66. The van der Waals surface area contributed by atoms with Crippen LogP contribution in [0.2, 0.25) is 0 Å². The number of aliphatic carboxylic acids is 1. The van der Waals surface area contributed by atoms with Crippen molar-refractivity contribution >= 4 is 5.97 Å². The molecule has 128 valence electrons. The lowest BCUT2D eigenvalue weighted by Crippen LogP contribution is -2.26. The first kappa shape index (κ1) is 22.5. The first-order valence-electron chi connectivity index (χ1n) is 7.01. The second-order valence-corrected chi connectivity index (χ2v) is 4.81. The summed E-state index contributed by atoms with van der Waals surface area (Å²) in [4.78, 5) is 10.2. The normalized spacial score (nSPS) is 11.2. The van der Waals surface area contributed by atoms with Crippen LogP contribution in [-0.2, 0) is 4.79 Å². The Morgan fingerprint density at radius 2 is 1.29 bits per heavy atom. The third-order valence-electron chi connectivity index (χ3n) is 2.57. The van der Waals surface area contributed by atoms with Crippen molar-refractivity contribution in [3.05, 3.63) is 0 Å². The molecule has 0 spiro atoms. The summed E-state index contributed by atoms with van der Waals surface area (Å²) < 4.78 is 0. The maximum atomic E-state index is 10.2. The smallest absolute Gasteiger partial charge is 0.303 e. The molecule has 0 amide bonds. The number of carboxylic acid groups (broad SMARTS) is 1. The van der Waals surface area contributed by atoms with Gasteiger partial charge in [-0.15, -0.1) is 0 Å². The van der Waals surface area contributed by atoms with Gasteiger partial charge < -0.3 is 35.7 Å². The lowest BCUT2D eigenvalue weighted by atomic mass is 10.1. The van der Waals surface area contributed by atoms with Crippen LogP contribution >= 0.6 is 0 Å². The maximum Gasteiger partial charge on any atom is 0.303 e. The van der Waals surface area contributed by atoms with E-state index in [9.17, 15) is 4.79 Å². The Morgan fingerprint density at radius 1 is 0.857 bits per heavy atom. The molecule has 0 fully saturated rings. The Balaban J connectivity index is 0. The van der Waals surface area contributed by atoms with Crippen LogP contribution in [-0.4, -0.2) is 67.0 Å². The number of rotatable bonds is 11. The van der Waals surface area contributed by atoms with E-state index < -0.39 is 18.0 Å². The van der Waals surface area contributed by atoms with Crippen LogP contribution in [0.4, 0.5) is 0 Å². The third kappa shape index (κ3) is 24.6. The highest BCUT2D eigenvalue weighted by atomic mass is 16.7. The first-order chi connectivity index (χ1) is 9.72. The fourth-order valence-corrected chi connectivity index (χ4v) is 1.40. The van der Waals surface area contributed by atoms with E-state index in [0.717, 1.165) is 25.7 Å². The molecule has 8 nitrogen and oxygen atoms in total. The predicted octanol–water partition coefficient (Wildman–Crippen LogP) is -0.846. The van der Waals surface area contributed by atoms with Gasteiger partial charge in [0.05, 0.1) is 13.2 Å². The molecule has 0 aromatic heterocycles. The van der Waals surface area contributed by atoms with Gasteiger partial charge in [-0.3, -0.25) is 4.79 Å². The van der Waals surface area contributed by atoms with Crippen molar-refractivity contribution in [2.45, 2.75) is 63.4 Å².